The minimum atomic E-state index is -1.11. The summed E-state index contributed by atoms with van der Waals surface area (Å²) in [6, 6.07) is 18.2. The van der Waals surface area contributed by atoms with Crippen LogP contribution >= 0.6 is 0 Å². The average Bonchev–Trinajstić information content (AvgIpc) is 2.66. The highest BCUT2D eigenvalue weighted by Crippen LogP contribution is 2.32. The largest absolute Gasteiger partial charge is 0.492 e. The molecule has 6 heteroatoms. The van der Waals surface area contributed by atoms with Crippen LogP contribution in [0.1, 0.15) is 25.0 Å². The maximum absolute atomic E-state index is 11.4. The number of carbonyl (C=O) groups excluding carboxylic acids is 1. The topological polar surface area (TPSA) is 84.9 Å². The fourth-order valence-electron chi connectivity index (χ4n) is 2.63. The van der Waals surface area contributed by atoms with Crippen molar-refractivity contribution in [1.29, 1.82) is 0 Å². The van der Waals surface area contributed by atoms with E-state index in [2.05, 4.69) is 31.3 Å². The predicted octanol–water partition coefficient (Wildman–Crippen LogP) is 2.61. The molecule has 0 bridgehead atoms. The SMILES string of the molecule is CC(C)(c1ccccc1)c1ccc(OCCNC(=O)COCC(=O)O)cc1. The van der Waals surface area contributed by atoms with Gasteiger partial charge < -0.3 is 19.9 Å². The Kier molecular flexibility index (Phi) is 7.37. The summed E-state index contributed by atoms with van der Waals surface area (Å²) in [6.07, 6.45) is 0. The number of hydrogen-bond acceptors (Lipinski definition) is 4. The first-order valence-corrected chi connectivity index (χ1v) is 8.74. The highest BCUT2D eigenvalue weighted by atomic mass is 16.5. The molecule has 0 atom stereocenters. The third-order valence-electron chi connectivity index (χ3n) is 4.22. The molecule has 1 amide bonds. The Morgan fingerprint density at radius 3 is 2.22 bits per heavy atom. The second-order valence-corrected chi connectivity index (χ2v) is 6.60. The van der Waals surface area contributed by atoms with Crippen LogP contribution in [-0.2, 0) is 19.7 Å². The highest BCUT2D eigenvalue weighted by Gasteiger charge is 2.22. The van der Waals surface area contributed by atoms with E-state index >= 15 is 0 Å². The minimum absolute atomic E-state index is 0.107. The molecule has 2 N–H and O–H groups in total. The molecule has 27 heavy (non-hydrogen) atoms. The van der Waals surface area contributed by atoms with Crippen molar-refractivity contribution >= 4 is 11.9 Å². The van der Waals surface area contributed by atoms with E-state index in [4.69, 9.17) is 14.6 Å². The van der Waals surface area contributed by atoms with E-state index in [0.29, 0.717) is 13.2 Å². The number of carbonyl (C=O) groups is 2. The Balaban J connectivity index is 1.77. The van der Waals surface area contributed by atoms with Gasteiger partial charge in [0, 0.05) is 5.41 Å². The van der Waals surface area contributed by atoms with Gasteiger partial charge in [0.25, 0.3) is 0 Å². The van der Waals surface area contributed by atoms with Crippen molar-refractivity contribution in [3.8, 4) is 5.75 Å². The molecule has 0 heterocycles. The molecule has 2 aromatic rings. The summed E-state index contributed by atoms with van der Waals surface area (Å²) in [4.78, 5) is 21.7. The second kappa shape index (κ2) is 9.73. The normalized spacial score (nSPS) is 11.0. The van der Waals surface area contributed by atoms with E-state index in [9.17, 15) is 9.59 Å². The van der Waals surface area contributed by atoms with Crippen LogP contribution in [0.2, 0.25) is 0 Å². The van der Waals surface area contributed by atoms with E-state index in [1.54, 1.807) is 0 Å². The quantitative estimate of drug-likeness (QED) is 0.627. The predicted molar refractivity (Wildman–Crippen MR) is 102 cm³/mol. The maximum atomic E-state index is 11.4. The molecule has 0 radical (unpaired) electrons. The molecule has 0 saturated carbocycles. The number of rotatable bonds is 10. The molecular formula is C21H25NO5. The van der Waals surface area contributed by atoms with Crippen LogP contribution < -0.4 is 10.1 Å². The Bertz CT molecular complexity index is 741. The fraction of sp³-hybridized carbons (Fsp3) is 0.333. The number of aliphatic carboxylic acids is 1. The molecule has 0 aliphatic carbocycles. The van der Waals surface area contributed by atoms with Gasteiger partial charge in [0.1, 0.15) is 25.6 Å². The number of nitrogens with one attached hydrogen (secondary N) is 1. The van der Waals surface area contributed by atoms with E-state index < -0.39 is 12.6 Å². The van der Waals surface area contributed by atoms with E-state index in [-0.39, 0.29) is 17.9 Å². The molecule has 2 rings (SSSR count). The molecule has 0 spiro atoms. The summed E-state index contributed by atoms with van der Waals surface area (Å²) in [6.45, 7) is 4.21. The third kappa shape index (κ3) is 6.42. The summed E-state index contributed by atoms with van der Waals surface area (Å²) in [5.41, 5.74) is 2.32. The summed E-state index contributed by atoms with van der Waals surface area (Å²) in [5.74, 6) is -0.760. The summed E-state index contributed by atoms with van der Waals surface area (Å²) >= 11 is 0. The lowest BCUT2D eigenvalue weighted by molar-refractivity contribution is -0.143. The first-order valence-electron chi connectivity index (χ1n) is 8.74. The lowest BCUT2D eigenvalue weighted by Gasteiger charge is -2.26. The fourth-order valence-corrected chi connectivity index (χ4v) is 2.63. The van der Waals surface area contributed by atoms with Crippen molar-refractivity contribution < 1.29 is 24.2 Å². The zero-order valence-corrected chi connectivity index (χ0v) is 15.6. The van der Waals surface area contributed by atoms with Crippen LogP contribution in [0.3, 0.4) is 0 Å². The van der Waals surface area contributed by atoms with Gasteiger partial charge in [-0.3, -0.25) is 4.79 Å². The lowest BCUT2D eigenvalue weighted by Crippen LogP contribution is -2.31. The molecule has 6 nitrogen and oxygen atoms in total. The Morgan fingerprint density at radius 2 is 1.59 bits per heavy atom. The van der Waals surface area contributed by atoms with Gasteiger partial charge in [-0.1, -0.05) is 56.3 Å². The van der Waals surface area contributed by atoms with Gasteiger partial charge in [0.15, 0.2) is 0 Å². The third-order valence-corrected chi connectivity index (χ3v) is 4.22. The standard InChI is InChI=1S/C21H25NO5/c1-21(2,16-6-4-3-5-7-16)17-8-10-18(11-9-17)27-13-12-22-19(23)14-26-15-20(24)25/h3-11H,12-15H2,1-2H3,(H,22,23)(H,24,25). The molecule has 0 fully saturated rings. The van der Waals surface area contributed by atoms with Crippen LogP contribution in [0, 0.1) is 0 Å². The van der Waals surface area contributed by atoms with Gasteiger partial charge in [0.05, 0.1) is 6.54 Å². The molecule has 0 aliphatic heterocycles. The van der Waals surface area contributed by atoms with Crippen molar-refractivity contribution in [3.05, 3.63) is 65.7 Å². The van der Waals surface area contributed by atoms with Crippen molar-refractivity contribution in [1.82, 2.24) is 5.32 Å². The highest BCUT2D eigenvalue weighted by molar-refractivity contribution is 5.77. The minimum Gasteiger partial charge on any atom is -0.492 e. The molecule has 0 saturated heterocycles. The number of amides is 1. The Hall–Kier alpha value is -2.86. The Morgan fingerprint density at radius 1 is 0.963 bits per heavy atom. The first-order chi connectivity index (χ1) is 12.9. The van der Waals surface area contributed by atoms with Crippen LogP contribution in [0.4, 0.5) is 0 Å². The zero-order chi connectivity index (χ0) is 19.7. The monoisotopic (exact) mass is 371 g/mol. The van der Waals surface area contributed by atoms with Gasteiger partial charge in [-0.15, -0.1) is 0 Å². The summed E-state index contributed by atoms with van der Waals surface area (Å²) < 4.78 is 10.3. The average molecular weight is 371 g/mol. The molecule has 2 aromatic carbocycles. The van der Waals surface area contributed by atoms with Gasteiger partial charge in [-0.05, 0) is 23.3 Å². The zero-order valence-electron chi connectivity index (χ0n) is 15.6. The van der Waals surface area contributed by atoms with Crippen molar-refractivity contribution in [2.24, 2.45) is 0 Å². The maximum Gasteiger partial charge on any atom is 0.329 e. The van der Waals surface area contributed by atoms with Gasteiger partial charge in [0.2, 0.25) is 5.91 Å². The van der Waals surface area contributed by atoms with Crippen LogP contribution in [0.25, 0.3) is 0 Å². The van der Waals surface area contributed by atoms with Crippen molar-refractivity contribution in [2.45, 2.75) is 19.3 Å². The van der Waals surface area contributed by atoms with Crippen LogP contribution in [-0.4, -0.2) is 43.3 Å². The molecule has 0 aromatic heterocycles. The van der Waals surface area contributed by atoms with E-state index in [1.807, 2.05) is 42.5 Å². The smallest absolute Gasteiger partial charge is 0.329 e. The first kappa shape index (κ1) is 20.5. The van der Waals surface area contributed by atoms with Crippen LogP contribution in [0.15, 0.2) is 54.6 Å². The molecule has 0 unspecified atom stereocenters. The van der Waals surface area contributed by atoms with E-state index in [0.717, 1.165) is 5.75 Å². The Labute approximate surface area is 159 Å². The number of carboxylic acid groups (broad SMARTS) is 1. The molecule has 144 valence electrons. The summed E-state index contributed by atoms with van der Waals surface area (Å²) in [5, 5.41) is 11.0. The van der Waals surface area contributed by atoms with Gasteiger partial charge >= 0.3 is 5.97 Å². The van der Waals surface area contributed by atoms with Gasteiger partial charge in [-0.25, -0.2) is 4.79 Å². The lowest BCUT2D eigenvalue weighted by atomic mass is 9.78. The van der Waals surface area contributed by atoms with Crippen molar-refractivity contribution in [3.63, 3.8) is 0 Å². The van der Waals surface area contributed by atoms with Crippen molar-refractivity contribution in [2.75, 3.05) is 26.4 Å². The number of carboxylic acids is 1. The number of ether oxygens (including phenoxy) is 2. The van der Waals surface area contributed by atoms with Gasteiger partial charge in [-0.2, -0.15) is 0 Å². The van der Waals surface area contributed by atoms with E-state index in [1.165, 1.54) is 11.1 Å². The van der Waals surface area contributed by atoms with Crippen LogP contribution in [0.5, 0.6) is 5.75 Å². The number of benzene rings is 2. The summed E-state index contributed by atoms with van der Waals surface area (Å²) in [7, 11) is 0. The molecule has 0 aliphatic rings. The number of hydrogen-bond donors (Lipinski definition) is 2. The molecular weight excluding hydrogens is 346 g/mol. The second-order valence-electron chi connectivity index (χ2n) is 6.60.